The van der Waals surface area contributed by atoms with Gasteiger partial charge in [0, 0.05) is 18.9 Å². The molecule has 1 amide bonds. The number of hydrogen-bond acceptors (Lipinski definition) is 3. The number of amides is 1. The minimum absolute atomic E-state index is 0.220. The zero-order valence-corrected chi connectivity index (χ0v) is 9.02. The predicted molar refractivity (Wildman–Crippen MR) is 53.3 cm³/mol. The first kappa shape index (κ1) is 13.9. The molecule has 0 fully saturated rings. The quantitative estimate of drug-likeness (QED) is 0.880. The average molecular weight is 262 g/mol. The molecular formula is C10H9F3N2O3. The van der Waals surface area contributed by atoms with E-state index in [2.05, 4.69) is 4.98 Å². The van der Waals surface area contributed by atoms with Crippen LogP contribution in [-0.4, -0.2) is 39.6 Å². The van der Waals surface area contributed by atoms with E-state index in [1.165, 1.54) is 24.5 Å². The van der Waals surface area contributed by atoms with Crippen LogP contribution >= 0.6 is 0 Å². The molecule has 0 aromatic carbocycles. The highest BCUT2D eigenvalue weighted by Crippen LogP contribution is 2.19. The van der Waals surface area contributed by atoms with Gasteiger partial charge in [0.2, 0.25) is 0 Å². The van der Waals surface area contributed by atoms with Gasteiger partial charge in [0.15, 0.2) is 0 Å². The molecule has 0 bridgehead atoms. The van der Waals surface area contributed by atoms with Crippen molar-refractivity contribution in [3.8, 4) is 0 Å². The first-order valence-corrected chi connectivity index (χ1v) is 4.77. The molecule has 5 nitrogen and oxygen atoms in total. The van der Waals surface area contributed by atoms with Crippen LogP contribution in [0.3, 0.4) is 0 Å². The van der Waals surface area contributed by atoms with Gasteiger partial charge in [0.25, 0.3) is 0 Å². The first-order chi connectivity index (χ1) is 8.30. The second kappa shape index (κ2) is 5.48. The first-order valence-electron chi connectivity index (χ1n) is 4.77. The third-order valence-corrected chi connectivity index (χ3v) is 1.98. The van der Waals surface area contributed by atoms with Crippen molar-refractivity contribution in [2.45, 2.75) is 12.7 Å². The van der Waals surface area contributed by atoms with Crippen LogP contribution in [0, 0.1) is 0 Å². The number of aliphatic carboxylic acids is 1. The summed E-state index contributed by atoms with van der Waals surface area (Å²) in [6.45, 7) is -1.45. The number of carboxylic acid groups (broad SMARTS) is 1. The van der Waals surface area contributed by atoms with E-state index in [0.29, 0.717) is 5.56 Å². The van der Waals surface area contributed by atoms with E-state index in [0.717, 1.165) is 0 Å². The number of alkyl halides is 3. The van der Waals surface area contributed by atoms with Crippen LogP contribution in [0.15, 0.2) is 24.5 Å². The van der Waals surface area contributed by atoms with Gasteiger partial charge in [-0.3, -0.25) is 14.6 Å². The number of carbonyl (C=O) groups excluding carboxylic acids is 1. The summed E-state index contributed by atoms with van der Waals surface area (Å²) in [6, 6.07) is 2.80. The Labute approximate surface area is 99.8 Å². The summed E-state index contributed by atoms with van der Waals surface area (Å²) < 4.78 is 36.8. The molecule has 0 saturated heterocycles. The molecule has 0 atom stereocenters. The molecule has 1 aromatic rings. The van der Waals surface area contributed by atoms with Crippen LogP contribution in [0.2, 0.25) is 0 Å². The fraction of sp³-hybridized carbons (Fsp3) is 0.300. The highest BCUT2D eigenvalue weighted by atomic mass is 19.4. The second-order valence-corrected chi connectivity index (χ2v) is 3.41. The number of carboxylic acids is 1. The van der Waals surface area contributed by atoms with Crippen molar-refractivity contribution in [3.05, 3.63) is 30.1 Å². The lowest BCUT2D eigenvalue weighted by atomic mass is 10.2. The number of pyridine rings is 1. The number of nitrogens with zero attached hydrogens (tertiary/aromatic N) is 2. The van der Waals surface area contributed by atoms with Crippen molar-refractivity contribution in [2.75, 3.05) is 6.54 Å². The lowest BCUT2D eigenvalue weighted by molar-refractivity contribution is -0.187. The summed E-state index contributed by atoms with van der Waals surface area (Å²) in [4.78, 5) is 25.4. The topological polar surface area (TPSA) is 70.5 Å². The van der Waals surface area contributed by atoms with Gasteiger partial charge in [-0.1, -0.05) is 0 Å². The van der Waals surface area contributed by atoms with E-state index in [1.54, 1.807) is 0 Å². The molecule has 8 heteroatoms. The summed E-state index contributed by atoms with van der Waals surface area (Å²) in [5.41, 5.74) is 0.365. The molecule has 0 aliphatic rings. The van der Waals surface area contributed by atoms with E-state index >= 15 is 0 Å². The smallest absolute Gasteiger partial charge is 0.471 e. The van der Waals surface area contributed by atoms with Gasteiger partial charge in [-0.15, -0.1) is 0 Å². The van der Waals surface area contributed by atoms with E-state index in [-0.39, 0.29) is 4.90 Å². The monoisotopic (exact) mass is 262 g/mol. The number of carbonyl (C=O) groups is 2. The van der Waals surface area contributed by atoms with Gasteiger partial charge in [0.05, 0.1) is 0 Å². The predicted octanol–water partition coefficient (Wildman–Crippen LogP) is 1.06. The normalized spacial score (nSPS) is 11.1. The number of hydrogen-bond donors (Lipinski definition) is 1. The van der Waals surface area contributed by atoms with Crippen molar-refractivity contribution < 1.29 is 27.9 Å². The Hall–Kier alpha value is -2.12. The summed E-state index contributed by atoms with van der Waals surface area (Å²) in [7, 11) is 0. The molecular weight excluding hydrogens is 253 g/mol. The van der Waals surface area contributed by atoms with Crippen molar-refractivity contribution in [3.63, 3.8) is 0 Å². The molecule has 98 valence electrons. The van der Waals surface area contributed by atoms with Crippen molar-refractivity contribution in [1.82, 2.24) is 9.88 Å². The van der Waals surface area contributed by atoms with Crippen LogP contribution in [0.25, 0.3) is 0 Å². The minimum atomic E-state index is -5.09. The van der Waals surface area contributed by atoms with Gasteiger partial charge < -0.3 is 10.0 Å². The number of rotatable bonds is 4. The zero-order chi connectivity index (χ0) is 13.8. The Balaban J connectivity index is 2.86. The summed E-state index contributed by atoms with van der Waals surface area (Å²) in [5, 5.41) is 8.50. The van der Waals surface area contributed by atoms with Crippen LogP contribution in [0.1, 0.15) is 5.56 Å². The van der Waals surface area contributed by atoms with Crippen LogP contribution in [-0.2, 0) is 16.1 Å². The lowest BCUT2D eigenvalue weighted by Gasteiger charge is -2.21. The maximum absolute atomic E-state index is 12.3. The highest BCUT2D eigenvalue weighted by Gasteiger charge is 2.42. The summed E-state index contributed by atoms with van der Waals surface area (Å²) >= 11 is 0. The Kier molecular flexibility index (Phi) is 4.24. The fourth-order valence-corrected chi connectivity index (χ4v) is 1.25. The Morgan fingerprint density at radius 1 is 1.28 bits per heavy atom. The summed E-state index contributed by atoms with van der Waals surface area (Å²) in [5.74, 6) is -3.69. The third-order valence-electron chi connectivity index (χ3n) is 1.98. The third kappa shape index (κ3) is 4.04. The maximum Gasteiger partial charge on any atom is 0.471 e. The summed E-state index contributed by atoms with van der Waals surface area (Å²) in [6.07, 6.45) is -2.42. The zero-order valence-electron chi connectivity index (χ0n) is 9.02. The molecule has 0 spiro atoms. The highest BCUT2D eigenvalue weighted by molar-refractivity contribution is 5.85. The standard InChI is InChI=1S/C10H9F3N2O3/c11-10(12,13)9(18)15(6-8(16)17)5-7-1-3-14-4-2-7/h1-4H,5-6H2,(H,16,17). The molecule has 0 aliphatic heterocycles. The van der Waals surface area contributed by atoms with Crippen molar-refractivity contribution in [1.29, 1.82) is 0 Å². The van der Waals surface area contributed by atoms with E-state index < -0.39 is 31.1 Å². The van der Waals surface area contributed by atoms with Gasteiger partial charge >= 0.3 is 18.1 Å². The Bertz CT molecular complexity index is 434. The second-order valence-electron chi connectivity index (χ2n) is 3.41. The van der Waals surface area contributed by atoms with Crippen LogP contribution in [0.4, 0.5) is 13.2 Å². The average Bonchev–Trinajstić information content (AvgIpc) is 2.26. The largest absolute Gasteiger partial charge is 0.480 e. The Morgan fingerprint density at radius 2 is 1.83 bits per heavy atom. The molecule has 1 heterocycles. The molecule has 1 N–H and O–H groups in total. The SMILES string of the molecule is O=C(O)CN(Cc1ccncc1)C(=O)C(F)(F)F. The molecule has 1 rings (SSSR count). The molecule has 0 unspecified atom stereocenters. The van der Waals surface area contributed by atoms with Crippen molar-refractivity contribution >= 4 is 11.9 Å². The van der Waals surface area contributed by atoms with E-state index in [1.807, 2.05) is 0 Å². The molecule has 0 radical (unpaired) electrons. The van der Waals surface area contributed by atoms with Gasteiger partial charge in [0.1, 0.15) is 6.54 Å². The van der Waals surface area contributed by atoms with Gasteiger partial charge in [-0.05, 0) is 17.7 Å². The van der Waals surface area contributed by atoms with Gasteiger partial charge in [-0.25, -0.2) is 0 Å². The van der Waals surface area contributed by atoms with Crippen LogP contribution < -0.4 is 0 Å². The minimum Gasteiger partial charge on any atom is -0.480 e. The number of halogens is 3. The van der Waals surface area contributed by atoms with E-state index in [9.17, 15) is 22.8 Å². The molecule has 0 saturated carbocycles. The molecule has 0 aliphatic carbocycles. The molecule has 1 aromatic heterocycles. The van der Waals surface area contributed by atoms with E-state index in [4.69, 9.17) is 5.11 Å². The fourth-order valence-electron chi connectivity index (χ4n) is 1.25. The molecule has 18 heavy (non-hydrogen) atoms. The Morgan fingerprint density at radius 3 is 2.28 bits per heavy atom. The maximum atomic E-state index is 12.3. The number of aromatic nitrogens is 1. The van der Waals surface area contributed by atoms with Gasteiger partial charge in [-0.2, -0.15) is 13.2 Å². The lowest BCUT2D eigenvalue weighted by Crippen LogP contribution is -2.43. The van der Waals surface area contributed by atoms with Crippen LogP contribution in [0.5, 0.6) is 0 Å². The van der Waals surface area contributed by atoms with Crippen molar-refractivity contribution in [2.24, 2.45) is 0 Å².